The van der Waals surface area contributed by atoms with Crippen LogP contribution in [0.2, 0.25) is 10.0 Å². The molecule has 1 aromatic carbocycles. The van der Waals surface area contributed by atoms with E-state index in [1.807, 2.05) is 0 Å². The molecule has 4 rings (SSSR count). The van der Waals surface area contributed by atoms with Gasteiger partial charge in [0.1, 0.15) is 17.1 Å². The third-order valence-electron chi connectivity index (χ3n) is 5.70. The van der Waals surface area contributed by atoms with Crippen LogP contribution in [0.25, 0.3) is 22.2 Å². The van der Waals surface area contributed by atoms with Gasteiger partial charge in [-0.05, 0) is 12.1 Å². The molecule has 0 spiro atoms. The number of aryl methyl sites for hydroxylation is 1. The van der Waals surface area contributed by atoms with Crippen LogP contribution in [-0.4, -0.2) is 58.3 Å². The molecule has 0 saturated carbocycles. The quantitative estimate of drug-likeness (QED) is 0.442. The average molecular weight is 536 g/mol. The second-order valence-electron chi connectivity index (χ2n) is 7.79. The molecule has 1 amide bonds. The lowest BCUT2D eigenvalue weighted by Crippen LogP contribution is -2.45. The largest absolute Gasteiger partial charge is 0.495 e. The van der Waals surface area contributed by atoms with E-state index in [1.165, 1.54) is 24.9 Å². The number of thioether (sulfide) groups is 1. The molecule has 2 aromatic heterocycles. The minimum Gasteiger partial charge on any atom is -0.495 e. The molecule has 0 radical (unpaired) electrons. The van der Waals surface area contributed by atoms with Crippen molar-refractivity contribution < 1.29 is 14.3 Å². The van der Waals surface area contributed by atoms with Gasteiger partial charge in [-0.3, -0.25) is 14.2 Å². The fourth-order valence-electron chi connectivity index (χ4n) is 3.86. The Morgan fingerprint density at radius 2 is 1.86 bits per heavy atom. The number of amides is 1. The van der Waals surface area contributed by atoms with Crippen LogP contribution < -0.4 is 25.7 Å². The number of pyridine rings is 1. The molecule has 9 nitrogen and oxygen atoms in total. The summed E-state index contributed by atoms with van der Waals surface area (Å²) < 4.78 is 12.1. The molecule has 2 atom stereocenters. The van der Waals surface area contributed by atoms with E-state index in [4.69, 9.17) is 32.7 Å². The van der Waals surface area contributed by atoms with Gasteiger partial charge < -0.3 is 20.1 Å². The lowest BCUT2D eigenvalue weighted by Gasteiger charge is -2.21. The van der Waals surface area contributed by atoms with Crippen LogP contribution >= 0.6 is 35.0 Å². The number of carbonyl (C=O) groups excluding carboxylic acids is 1. The molecule has 1 aliphatic rings. The summed E-state index contributed by atoms with van der Waals surface area (Å²) in [5.74, 6) is 2.31. The summed E-state index contributed by atoms with van der Waals surface area (Å²) in [5, 5.41) is 7.19. The molecule has 2 unspecified atom stereocenters. The van der Waals surface area contributed by atoms with Crippen LogP contribution in [0.3, 0.4) is 0 Å². The molecule has 184 valence electrons. The van der Waals surface area contributed by atoms with Gasteiger partial charge in [-0.1, -0.05) is 29.8 Å². The van der Waals surface area contributed by atoms with E-state index in [1.54, 1.807) is 37.1 Å². The Balaban J connectivity index is 1.75. The van der Waals surface area contributed by atoms with Crippen molar-refractivity contribution in [1.82, 2.24) is 19.9 Å². The van der Waals surface area contributed by atoms with Crippen LogP contribution in [0.5, 0.6) is 11.5 Å². The highest BCUT2D eigenvalue weighted by Gasteiger charge is 2.29. The van der Waals surface area contributed by atoms with Gasteiger partial charge in [0.05, 0.1) is 41.9 Å². The summed E-state index contributed by atoms with van der Waals surface area (Å²) in [5.41, 5.74) is 0.637. The maximum absolute atomic E-state index is 13.4. The minimum atomic E-state index is -0.353. The molecule has 1 aliphatic heterocycles. The average Bonchev–Trinajstić information content (AvgIpc) is 3.28. The zero-order valence-electron chi connectivity index (χ0n) is 19.2. The second-order valence-corrected chi connectivity index (χ2v) is 9.62. The van der Waals surface area contributed by atoms with Gasteiger partial charge >= 0.3 is 0 Å². The van der Waals surface area contributed by atoms with Crippen molar-refractivity contribution in [2.24, 2.45) is 7.05 Å². The number of fused-ring (bicyclic) bond motifs is 1. The summed E-state index contributed by atoms with van der Waals surface area (Å²) in [6, 6.07) is 3.04. The summed E-state index contributed by atoms with van der Waals surface area (Å²) >= 11 is 14.8. The maximum atomic E-state index is 13.4. The van der Waals surface area contributed by atoms with Gasteiger partial charge in [0.15, 0.2) is 0 Å². The van der Waals surface area contributed by atoms with E-state index < -0.39 is 0 Å². The van der Waals surface area contributed by atoms with E-state index in [0.29, 0.717) is 34.0 Å². The number of aromatic nitrogens is 3. The van der Waals surface area contributed by atoms with Crippen molar-refractivity contribution in [3.05, 3.63) is 51.4 Å². The van der Waals surface area contributed by atoms with Crippen molar-refractivity contribution in [3.63, 3.8) is 0 Å². The Kier molecular flexibility index (Phi) is 7.44. The number of nitrogens with one attached hydrogen (secondary N) is 2. The molecule has 0 aliphatic carbocycles. The Morgan fingerprint density at radius 3 is 2.49 bits per heavy atom. The summed E-state index contributed by atoms with van der Waals surface area (Å²) in [6.45, 7) is 3.50. The lowest BCUT2D eigenvalue weighted by molar-refractivity contribution is -0.117. The fourth-order valence-corrected chi connectivity index (χ4v) is 5.84. The molecule has 0 bridgehead atoms. The van der Waals surface area contributed by atoms with Gasteiger partial charge in [-0.2, -0.15) is 16.7 Å². The molecule has 12 heteroatoms. The molecule has 1 fully saturated rings. The van der Waals surface area contributed by atoms with E-state index in [2.05, 4.69) is 27.2 Å². The molecule has 3 heterocycles. The number of anilines is 1. The SMILES string of the molecule is C=CC(=O)NC1CSCC1Nc1ncc2cc(-c3c(Cl)c(OC)cc(OC)c3Cl)c(=O)n(C)c2n1. The van der Waals surface area contributed by atoms with Gasteiger partial charge in [-0.15, -0.1) is 0 Å². The van der Waals surface area contributed by atoms with Crippen LogP contribution in [-0.2, 0) is 11.8 Å². The first-order valence-electron chi connectivity index (χ1n) is 10.5. The minimum absolute atomic E-state index is 0.0699. The fraction of sp³-hybridized carbons (Fsp3) is 0.304. The number of rotatable bonds is 7. The van der Waals surface area contributed by atoms with E-state index in [0.717, 1.165) is 11.5 Å². The van der Waals surface area contributed by atoms with Crippen molar-refractivity contribution >= 4 is 57.9 Å². The van der Waals surface area contributed by atoms with Crippen molar-refractivity contribution in [3.8, 4) is 22.6 Å². The second kappa shape index (κ2) is 10.3. The first-order chi connectivity index (χ1) is 16.8. The van der Waals surface area contributed by atoms with E-state index in [-0.39, 0.29) is 39.2 Å². The van der Waals surface area contributed by atoms with Crippen LogP contribution in [0.15, 0.2) is 35.8 Å². The summed E-state index contributed by atoms with van der Waals surface area (Å²) in [6.07, 6.45) is 2.86. The third kappa shape index (κ3) is 4.78. The van der Waals surface area contributed by atoms with Gasteiger partial charge in [-0.25, -0.2) is 4.98 Å². The number of benzene rings is 1. The number of carbonyl (C=O) groups is 1. The first-order valence-corrected chi connectivity index (χ1v) is 12.4. The Bertz CT molecular complexity index is 1350. The van der Waals surface area contributed by atoms with Gasteiger partial charge in [0.2, 0.25) is 11.9 Å². The topological polar surface area (TPSA) is 107 Å². The highest BCUT2D eigenvalue weighted by atomic mass is 35.5. The normalized spacial score (nSPS) is 17.3. The highest BCUT2D eigenvalue weighted by molar-refractivity contribution is 7.99. The predicted octanol–water partition coefficient (Wildman–Crippen LogP) is 3.52. The smallest absolute Gasteiger partial charge is 0.259 e. The highest BCUT2D eigenvalue weighted by Crippen LogP contribution is 2.45. The Morgan fingerprint density at radius 1 is 1.20 bits per heavy atom. The zero-order chi connectivity index (χ0) is 25.3. The van der Waals surface area contributed by atoms with Gasteiger partial charge in [0.25, 0.3) is 5.56 Å². The number of halogens is 2. The molecule has 3 aromatic rings. The summed E-state index contributed by atoms with van der Waals surface area (Å²) in [7, 11) is 4.55. The van der Waals surface area contributed by atoms with Crippen molar-refractivity contribution in [2.45, 2.75) is 12.1 Å². The molecular formula is C23H23Cl2N5O4S. The van der Waals surface area contributed by atoms with Crippen LogP contribution in [0.4, 0.5) is 5.95 Å². The summed E-state index contributed by atoms with van der Waals surface area (Å²) in [4.78, 5) is 34.1. The first kappa shape index (κ1) is 25.2. The number of methoxy groups -OCH3 is 2. The van der Waals surface area contributed by atoms with Crippen LogP contribution in [0.1, 0.15) is 0 Å². The van der Waals surface area contributed by atoms with Crippen molar-refractivity contribution in [2.75, 3.05) is 31.0 Å². The zero-order valence-corrected chi connectivity index (χ0v) is 21.6. The Hall–Kier alpha value is -2.95. The molecular weight excluding hydrogens is 513 g/mol. The number of hydrogen-bond acceptors (Lipinski definition) is 8. The monoisotopic (exact) mass is 535 g/mol. The Labute approximate surface area is 215 Å². The maximum Gasteiger partial charge on any atom is 0.259 e. The van der Waals surface area contributed by atoms with Crippen molar-refractivity contribution in [1.29, 1.82) is 0 Å². The third-order valence-corrected chi connectivity index (χ3v) is 7.64. The number of ether oxygens (including phenoxy) is 2. The van der Waals surface area contributed by atoms with E-state index in [9.17, 15) is 9.59 Å². The van der Waals surface area contributed by atoms with Gasteiger partial charge in [0, 0.05) is 41.8 Å². The number of nitrogens with zero attached hydrogens (tertiary/aromatic N) is 3. The molecule has 1 saturated heterocycles. The van der Waals surface area contributed by atoms with Crippen LogP contribution in [0, 0.1) is 0 Å². The lowest BCUT2D eigenvalue weighted by atomic mass is 10.0. The molecule has 35 heavy (non-hydrogen) atoms. The van der Waals surface area contributed by atoms with E-state index >= 15 is 0 Å². The number of hydrogen-bond donors (Lipinski definition) is 2. The standard InChI is InChI=1S/C23H23Cl2N5O4S/c1-5-17(31)27-13-9-35-10-14(13)28-23-26-8-11-6-12(22(32)30(2)21(11)29-23)18-19(24)15(33-3)7-16(34-4)20(18)25/h5-8,13-14H,1,9-10H2,2-4H3,(H,27,31)(H,26,28,29). The predicted molar refractivity (Wildman–Crippen MR) is 140 cm³/mol. The molecule has 2 N–H and O–H groups in total.